The van der Waals surface area contributed by atoms with Gasteiger partial charge in [-0.1, -0.05) is 30.3 Å². The molecule has 33 heavy (non-hydrogen) atoms. The molecule has 2 aromatic carbocycles. The SMILES string of the molecule is NCCCN1CCC(NC(=O)c2cc3ccccc3n2Cc2ccc(C(F)(F)F)cc2)CC1. The molecule has 0 radical (unpaired) electrons. The number of hydrogen-bond acceptors (Lipinski definition) is 3. The minimum atomic E-state index is -4.37. The molecule has 3 aromatic rings. The van der Waals surface area contributed by atoms with Crippen LogP contribution in [0.1, 0.15) is 40.9 Å². The van der Waals surface area contributed by atoms with Crippen molar-refractivity contribution in [2.75, 3.05) is 26.2 Å². The first-order valence-corrected chi connectivity index (χ1v) is 11.3. The van der Waals surface area contributed by atoms with Crippen molar-refractivity contribution in [1.82, 2.24) is 14.8 Å². The minimum Gasteiger partial charge on any atom is -0.348 e. The second-order valence-corrected chi connectivity index (χ2v) is 8.60. The molecule has 1 fully saturated rings. The number of fused-ring (bicyclic) bond motifs is 1. The molecule has 0 atom stereocenters. The lowest BCUT2D eigenvalue weighted by molar-refractivity contribution is -0.137. The molecule has 0 saturated carbocycles. The standard InChI is InChI=1S/C25H29F3N4O/c26-25(27,28)20-8-6-18(7-9-20)17-32-22-5-2-1-4-19(22)16-23(32)24(33)30-21-10-14-31(15-11-21)13-3-12-29/h1-2,4-9,16,21H,3,10-15,17,29H2,(H,30,33). The molecule has 4 rings (SSSR count). The van der Waals surface area contributed by atoms with Crippen LogP contribution in [0.3, 0.4) is 0 Å². The number of para-hydroxylation sites is 1. The van der Waals surface area contributed by atoms with Crippen LogP contribution in [0.4, 0.5) is 13.2 Å². The van der Waals surface area contributed by atoms with Gasteiger partial charge in [0.2, 0.25) is 0 Å². The topological polar surface area (TPSA) is 63.3 Å². The average Bonchev–Trinajstić information content (AvgIpc) is 3.17. The number of likely N-dealkylation sites (tertiary alicyclic amines) is 1. The maximum atomic E-state index is 13.2. The predicted molar refractivity (Wildman–Crippen MR) is 123 cm³/mol. The van der Waals surface area contributed by atoms with Crippen molar-refractivity contribution in [2.24, 2.45) is 5.73 Å². The number of piperidine rings is 1. The monoisotopic (exact) mass is 458 g/mol. The molecule has 1 aliphatic heterocycles. The third-order valence-corrected chi connectivity index (χ3v) is 6.27. The van der Waals surface area contributed by atoms with Crippen LogP contribution >= 0.6 is 0 Å². The second kappa shape index (κ2) is 9.97. The lowest BCUT2D eigenvalue weighted by Gasteiger charge is -2.32. The molecule has 1 amide bonds. The summed E-state index contributed by atoms with van der Waals surface area (Å²) in [5, 5.41) is 4.09. The van der Waals surface area contributed by atoms with Crippen LogP contribution in [0, 0.1) is 0 Å². The highest BCUT2D eigenvalue weighted by molar-refractivity contribution is 5.99. The lowest BCUT2D eigenvalue weighted by Crippen LogP contribution is -2.45. The molecule has 0 aliphatic carbocycles. The molecular formula is C25H29F3N4O. The largest absolute Gasteiger partial charge is 0.416 e. The maximum Gasteiger partial charge on any atom is 0.416 e. The molecule has 1 saturated heterocycles. The van der Waals surface area contributed by atoms with E-state index in [0.29, 0.717) is 24.3 Å². The Morgan fingerprint density at radius 2 is 1.76 bits per heavy atom. The molecule has 2 heterocycles. The number of hydrogen-bond donors (Lipinski definition) is 2. The highest BCUT2D eigenvalue weighted by Crippen LogP contribution is 2.29. The normalized spacial score (nSPS) is 15.8. The van der Waals surface area contributed by atoms with Crippen LogP contribution in [0.5, 0.6) is 0 Å². The fourth-order valence-corrected chi connectivity index (χ4v) is 4.43. The quantitative estimate of drug-likeness (QED) is 0.556. The third-order valence-electron chi connectivity index (χ3n) is 6.27. The van der Waals surface area contributed by atoms with Crippen LogP contribution in [-0.4, -0.2) is 47.6 Å². The van der Waals surface area contributed by atoms with E-state index in [1.54, 1.807) is 0 Å². The number of nitrogens with two attached hydrogens (primary N) is 1. The minimum absolute atomic E-state index is 0.101. The number of nitrogens with zero attached hydrogens (tertiary/aromatic N) is 2. The average molecular weight is 459 g/mol. The fraction of sp³-hybridized carbons (Fsp3) is 0.400. The van der Waals surface area contributed by atoms with Gasteiger partial charge in [-0.2, -0.15) is 13.2 Å². The first-order chi connectivity index (χ1) is 15.8. The Hall–Kier alpha value is -2.84. The van der Waals surface area contributed by atoms with E-state index in [9.17, 15) is 18.0 Å². The summed E-state index contributed by atoms with van der Waals surface area (Å²) < 4.78 is 40.6. The molecule has 5 nitrogen and oxygen atoms in total. The zero-order chi connectivity index (χ0) is 23.4. The van der Waals surface area contributed by atoms with Gasteiger partial charge in [-0.05, 0) is 62.2 Å². The number of carbonyl (C=O) groups excluding carboxylic acids is 1. The van der Waals surface area contributed by atoms with Crippen LogP contribution < -0.4 is 11.1 Å². The molecular weight excluding hydrogens is 429 g/mol. The fourth-order valence-electron chi connectivity index (χ4n) is 4.43. The van der Waals surface area contributed by atoms with E-state index >= 15 is 0 Å². The Balaban J connectivity index is 1.51. The number of alkyl halides is 3. The molecule has 0 bridgehead atoms. The van der Waals surface area contributed by atoms with Gasteiger partial charge in [0.1, 0.15) is 5.69 Å². The van der Waals surface area contributed by atoms with Crippen LogP contribution in [0.25, 0.3) is 10.9 Å². The Bertz CT molecular complexity index is 1080. The Labute approximate surface area is 191 Å². The summed E-state index contributed by atoms with van der Waals surface area (Å²) in [5.74, 6) is -0.154. The molecule has 0 spiro atoms. The van der Waals surface area contributed by atoms with Crippen molar-refractivity contribution in [1.29, 1.82) is 0 Å². The van der Waals surface area contributed by atoms with Gasteiger partial charge in [0.15, 0.2) is 0 Å². The van der Waals surface area contributed by atoms with Crippen molar-refractivity contribution in [2.45, 2.75) is 38.0 Å². The van der Waals surface area contributed by atoms with E-state index in [-0.39, 0.29) is 11.9 Å². The summed E-state index contributed by atoms with van der Waals surface area (Å²) >= 11 is 0. The number of benzene rings is 2. The Kier molecular flexibility index (Phi) is 7.05. The van der Waals surface area contributed by atoms with Crippen molar-refractivity contribution in [3.8, 4) is 0 Å². The summed E-state index contributed by atoms with van der Waals surface area (Å²) in [4.78, 5) is 15.6. The lowest BCUT2D eigenvalue weighted by atomic mass is 10.0. The highest BCUT2D eigenvalue weighted by atomic mass is 19.4. The van der Waals surface area contributed by atoms with Gasteiger partial charge in [0.05, 0.1) is 5.56 Å². The van der Waals surface area contributed by atoms with Gasteiger partial charge in [-0.3, -0.25) is 4.79 Å². The van der Waals surface area contributed by atoms with Crippen LogP contribution in [-0.2, 0) is 12.7 Å². The van der Waals surface area contributed by atoms with Gasteiger partial charge in [-0.15, -0.1) is 0 Å². The molecule has 176 valence electrons. The summed E-state index contributed by atoms with van der Waals surface area (Å²) in [6.07, 6.45) is -1.63. The Morgan fingerprint density at radius 3 is 2.42 bits per heavy atom. The summed E-state index contributed by atoms with van der Waals surface area (Å²) in [7, 11) is 0. The first kappa shape index (κ1) is 23.3. The summed E-state index contributed by atoms with van der Waals surface area (Å²) in [5.41, 5.74) is 7.00. The van der Waals surface area contributed by atoms with Gasteiger partial charge < -0.3 is 20.5 Å². The van der Waals surface area contributed by atoms with Crippen molar-refractivity contribution in [3.05, 3.63) is 71.4 Å². The predicted octanol–water partition coefficient (Wildman–Crippen LogP) is 4.25. The number of amides is 1. The Morgan fingerprint density at radius 1 is 1.06 bits per heavy atom. The van der Waals surface area contributed by atoms with E-state index in [0.717, 1.165) is 61.9 Å². The smallest absolute Gasteiger partial charge is 0.348 e. The van der Waals surface area contributed by atoms with Gasteiger partial charge in [0.25, 0.3) is 5.91 Å². The second-order valence-electron chi connectivity index (χ2n) is 8.60. The van der Waals surface area contributed by atoms with E-state index in [1.807, 2.05) is 34.9 Å². The van der Waals surface area contributed by atoms with E-state index in [1.165, 1.54) is 12.1 Å². The maximum absolute atomic E-state index is 13.2. The zero-order valence-corrected chi connectivity index (χ0v) is 18.4. The molecule has 0 unspecified atom stereocenters. The number of nitrogens with one attached hydrogen (secondary N) is 1. The van der Waals surface area contributed by atoms with Gasteiger partial charge >= 0.3 is 6.18 Å². The molecule has 1 aromatic heterocycles. The molecule has 8 heteroatoms. The van der Waals surface area contributed by atoms with Crippen molar-refractivity contribution < 1.29 is 18.0 Å². The van der Waals surface area contributed by atoms with E-state index < -0.39 is 11.7 Å². The van der Waals surface area contributed by atoms with E-state index in [2.05, 4.69) is 10.2 Å². The molecule has 3 N–H and O–H groups in total. The number of rotatable bonds is 7. The van der Waals surface area contributed by atoms with Crippen LogP contribution in [0.15, 0.2) is 54.6 Å². The van der Waals surface area contributed by atoms with E-state index in [4.69, 9.17) is 5.73 Å². The van der Waals surface area contributed by atoms with Gasteiger partial charge in [0, 0.05) is 36.6 Å². The number of aromatic nitrogens is 1. The number of halogens is 3. The number of carbonyl (C=O) groups is 1. The highest BCUT2D eigenvalue weighted by Gasteiger charge is 2.30. The summed E-state index contributed by atoms with van der Waals surface area (Å²) in [6.45, 7) is 3.84. The van der Waals surface area contributed by atoms with Crippen molar-refractivity contribution in [3.63, 3.8) is 0 Å². The third kappa shape index (κ3) is 5.57. The zero-order valence-electron chi connectivity index (χ0n) is 18.4. The molecule has 1 aliphatic rings. The summed E-state index contributed by atoms with van der Waals surface area (Å²) in [6, 6.07) is 14.7. The first-order valence-electron chi connectivity index (χ1n) is 11.3. The van der Waals surface area contributed by atoms with Crippen LogP contribution in [0.2, 0.25) is 0 Å². The van der Waals surface area contributed by atoms with Gasteiger partial charge in [-0.25, -0.2) is 0 Å². The van der Waals surface area contributed by atoms with Crippen molar-refractivity contribution >= 4 is 16.8 Å².